The number of hydrogen-bond donors (Lipinski definition) is 2. The molecule has 0 fully saturated rings. The van der Waals surface area contributed by atoms with Crippen LogP contribution in [0.5, 0.6) is 5.75 Å². The smallest absolute Gasteiger partial charge is 0.339 e. The molecule has 0 atom stereocenters. The molecule has 0 unspecified atom stereocenters. The molecule has 22 heavy (non-hydrogen) atoms. The van der Waals surface area contributed by atoms with E-state index in [2.05, 4.69) is 22.8 Å². The standard InChI is InChI=1S/C16H19N3O3/c1-2-3-10-21-14-8-6-13(7-9-14)18-16(20)19-17-12-15-5-4-11-22-15/h4-9,11-12H,2-3,10H2,1H3,(H2,18,19,20)/b17-12+. The number of urea groups is 1. The van der Waals surface area contributed by atoms with Gasteiger partial charge >= 0.3 is 6.03 Å². The van der Waals surface area contributed by atoms with Crippen molar-refractivity contribution in [3.05, 3.63) is 48.4 Å². The van der Waals surface area contributed by atoms with Gasteiger partial charge in [-0.25, -0.2) is 10.2 Å². The SMILES string of the molecule is CCCCOc1ccc(NC(=O)N/N=C/c2ccco2)cc1. The number of nitrogens with one attached hydrogen (secondary N) is 2. The van der Waals surface area contributed by atoms with Gasteiger partial charge in [-0.05, 0) is 42.8 Å². The van der Waals surface area contributed by atoms with E-state index in [0.29, 0.717) is 18.1 Å². The minimum absolute atomic E-state index is 0.428. The predicted octanol–water partition coefficient (Wildman–Crippen LogP) is 3.61. The van der Waals surface area contributed by atoms with Crippen LogP contribution in [0.4, 0.5) is 10.5 Å². The Morgan fingerprint density at radius 3 is 2.82 bits per heavy atom. The van der Waals surface area contributed by atoms with Gasteiger partial charge in [0.2, 0.25) is 0 Å². The van der Waals surface area contributed by atoms with Gasteiger partial charge in [-0.15, -0.1) is 0 Å². The highest BCUT2D eigenvalue weighted by atomic mass is 16.5. The topological polar surface area (TPSA) is 75.9 Å². The lowest BCUT2D eigenvalue weighted by Crippen LogP contribution is -2.24. The summed E-state index contributed by atoms with van der Waals surface area (Å²) in [6.45, 7) is 2.81. The Balaban J connectivity index is 1.76. The highest BCUT2D eigenvalue weighted by molar-refractivity contribution is 5.90. The molecule has 116 valence electrons. The fraction of sp³-hybridized carbons (Fsp3) is 0.250. The number of nitrogens with zero attached hydrogens (tertiary/aromatic N) is 1. The van der Waals surface area contributed by atoms with Crippen LogP contribution in [0.25, 0.3) is 0 Å². The number of anilines is 1. The van der Waals surface area contributed by atoms with Crippen molar-refractivity contribution in [2.45, 2.75) is 19.8 Å². The van der Waals surface area contributed by atoms with Crippen LogP contribution in [0.15, 0.2) is 52.2 Å². The van der Waals surface area contributed by atoms with E-state index in [9.17, 15) is 4.79 Å². The lowest BCUT2D eigenvalue weighted by Gasteiger charge is -2.07. The summed E-state index contributed by atoms with van der Waals surface area (Å²) in [7, 11) is 0. The molecule has 0 bridgehead atoms. The number of furan rings is 1. The summed E-state index contributed by atoms with van der Waals surface area (Å²) in [6.07, 6.45) is 5.07. The quantitative estimate of drug-likeness (QED) is 0.466. The molecule has 6 nitrogen and oxygen atoms in total. The molecule has 2 rings (SSSR count). The molecular formula is C16H19N3O3. The molecule has 2 amide bonds. The number of rotatable bonds is 7. The van der Waals surface area contributed by atoms with E-state index in [4.69, 9.17) is 9.15 Å². The van der Waals surface area contributed by atoms with Crippen LogP contribution >= 0.6 is 0 Å². The number of ether oxygens (including phenoxy) is 1. The Morgan fingerprint density at radius 1 is 1.32 bits per heavy atom. The van der Waals surface area contributed by atoms with Crippen LogP contribution in [0.1, 0.15) is 25.5 Å². The third-order valence-corrected chi connectivity index (χ3v) is 2.78. The monoisotopic (exact) mass is 301 g/mol. The van der Waals surface area contributed by atoms with Gasteiger partial charge in [-0.2, -0.15) is 5.10 Å². The third kappa shape index (κ3) is 5.32. The summed E-state index contributed by atoms with van der Waals surface area (Å²) in [5, 5.41) is 6.44. The van der Waals surface area contributed by atoms with E-state index in [1.54, 1.807) is 24.3 Å². The van der Waals surface area contributed by atoms with Gasteiger partial charge in [0.05, 0.1) is 19.1 Å². The largest absolute Gasteiger partial charge is 0.494 e. The van der Waals surface area contributed by atoms with Crippen molar-refractivity contribution < 1.29 is 13.9 Å². The van der Waals surface area contributed by atoms with Crippen LogP contribution in [-0.4, -0.2) is 18.9 Å². The molecule has 0 aliphatic carbocycles. The molecule has 0 saturated carbocycles. The maximum atomic E-state index is 11.6. The molecule has 1 aromatic heterocycles. The Labute approximate surface area is 129 Å². The first-order valence-electron chi connectivity index (χ1n) is 7.14. The van der Waals surface area contributed by atoms with Gasteiger partial charge in [0.15, 0.2) is 0 Å². The third-order valence-electron chi connectivity index (χ3n) is 2.78. The average molecular weight is 301 g/mol. The number of hydrogen-bond acceptors (Lipinski definition) is 4. The van der Waals surface area contributed by atoms with Gasteiger partial charge in [-0.1, -0.05) is 13.3 Å². The highest BCUT2D eigenvalue weighted by Gasteiger charge is 2.00. The number of carbonyl (C=O) groups excluding carboxylic acids is 1. The zero-order valence-corrected chi connectivity index (χ0v) is 12.4. The van der Waals surface area contributed by atoms with Crippen LogP contribution < -0.4 is 15.5 Å². The summed E-state index contributed by atoms with van der Waals surface area (Å²) >= 11 is 0. The molecule has 0 saturated heterocycles. The van der Waals surface area contributed by atoms with E-state index in [1.807, 2.05) is 12.1 Å². The summed E-state index contributed by atoms with van der Waals surface area (Å²) in [5.74, 6) is 1.35. The van der Waals surface area contributed by atoms with Gasteiger partial charge in [0.25, 0.3) is 0 Å². The fourth-order valence-corrected chi connectivity index (χ4v) is 1.65. The van der Waals surface area contributed by atoms with E-state index in [1.165, 1.54) is 12.5 Å². The zero-order valence-electron chi connectivity index (χ0n) is 12.4. The molecule has 0 aliphatic heterocycles. The van der Waals surface area contributed by atoms with Gasteiger partial charge in [0, 0.05) is 5.69 Å². The normalized spacial score (nSPS) is 10.6. The number of hydrazone groups is 1. The molecule has 6 heteroatoms. The fourth-order valence-electron chi connectivity index (χ4n) is 1.65. The van der Waals surface area contributed by atoms with E-state index in [-0.39, 0.29) is 0 Å². The van der Waals surface area contributed by atoms with E-state index >= 15 is 0 Å². The maximum absolute atomic E-state index is 11.6. The molecule has 2 aromatic rings. The lowest BCUT2D eigenvalue weighted by molar-refractivity contribution is 0.252. The zero-order chi connectivity index (χ0) is 15.6. The van der Waals surface area contributed by atoms with Crippen LogP contribution in [0.2, 0.25) is 0 Å². The predicted molar refractivity (Wildman–Crippen MR) is 85.3 cm³/mol. The Kier molecular flexibility index (Phi) is 6.04. The van der Waals surface area contributed by atoms with Crippen molar-refractivity contribution >= 4 is 17.9 Å². The summed E-state index contributed by atoms with van der Waals surface area (Å²) < 4.78 is 10.6. The number of carbonyl (C=O) groups is 1. The van der Waals surface area contributed by atoms with Gasteiger partial charge in [-0.3, -0.25) is 0 Å². The maximum Gasteiger partial charge on any atom is 0.339 e. The van der Waals surface area contributed by atoms with Crippen molar-refractivity contribution in [3.8, 4) is 5.75 Å². The first-order chi connectivity index (χ1) is 10.8. The second-order valence-corrected chi connectivity index (χ2v) is 4.57. The molecule has 1 aromatic carbocycles. The molecule has 1 heterocycles. The van der Waals surface area contributed by atoms with E-state index in [0.717, 1.165) is 18.6 Å². The van der Waals surface area contributed by atoms with Gasteiger partial charge < -0.3 is 14.5 Å². The van der Waals surface area contributed by atoms with Gasteiger partial charge in [0.1, 0.15) is 11.5 Å². The van der Waals surface area contributed by atoms with Crippen molar-refractivity contribution in [1.29, 1.82) is 0 Å². The minimum atomic E-state index is -0.428. The number of amides is 2. The van der Waals surface area contributed by atoms with Crippen molar-refractivity contribution in [2.24, 2.45) is 5.10 Å². The van der Waals surface area contributed by atoms with Crippen molar-refractivity contribution in [2.75, 3.05) is 11.9 Å². The van der Waals surface area contributed by atoms with Crippen molar-refractivity contribution in [3.63, 3.8) is 0 Å². The second-order valence-electron chi connectivity index (χ2n) is 4.57. The first kappa shape index (κ1) is 15.6. The Morgan fingerprint density at radius 2 is 2.14 bits per heavy atom. The summed E-state index contributed by atoms with van der Waals surface area (Å²) in [6, 6.07) is 10.2. The van der Waals surface area contributed by atoms with Crippen molar-refractivity contribution in [1.82, 2.24) is 5.43 Å². The minimum Gasteiger partial charge on any atom is -0.494 e. The molecule has 2 N–H and O–H groups in total. The molecule has 0 aliphatic rings. The lowest BCUT2D eigenvalue weighted by atomic mass is 10.3. The van der Waals surface area contributed by atoms with Crippen LogP contribution in [0, 0.1) is 0 Å². The van der Waals surface area contributed by atoms with Crippen LogP contribution in [-0.2, 0) is 0 Å². The molecule has 0 spiro atoms. The second kappa shape index (κ2) is 8.51. The van der Waals surface area contributed by atoms with E-state index < -0.39 is 6.03 Å². The first-order valence-corrected chi connectivity index (χ1v) is 7.14. The summed E-state index contributed by atoms with van der Waals surface area (Å²) in [5.41, 5.74) is 3.01. The molecule has 0 radical (unpaired) electrons. The average Bonchev–Trinajstić information content (AvgIpc) is 3.03. The molecular weight excluding hydrogens is 282 g/mol. The number of benzene rings is 1. The Hall–Kier alpha value is -2.76. The number of unbranched alkanes of at least 4 members (excludes halogenated alkanes) is 1. The summed E-state index contributed by atoms with van der Waals surface area (Å²) in [4.78, 5) is 11.6. The highest BCUT2D eigenvalue weighted by Crippen LogP contribution is 2.15. The van der Waals surface area contributed by atoms with Crippen LogP contribution in [0.3, 0.4) is 0 Å². The Bertz CT molecular complexity index is 592.